The molecule has 2 N–H and O–H groups in total. The van der Waals surface area contributed by atoms with Gasteiger partial charge in [0, 0.05) is 11.4 Å². The molecule has 4 heteroatoms. The lowest BCUT2D eigenvalue weighted by molar-refractivity contribution is 1.20. The molecular formula is C15H17N3S. The lowest BCUT2D eigenvalue weighted by Crippen LogP contribution is -2.19. The quantitative estimate of drug-likeness (QED) is 0.814. The maximum atomic E-state index is 5.28. The highest BCUT2D eigenvalue weighted by molar-refractivity contribution is 7.80. The van der Waals surface area contributed by atoms with Gasteiger partial charge in [-0.15, -0.1) is 0 Å². The summed E-state index contributed by atoms with van der Waals surface area (Å²) in [6.45, 7) is 6.12. The predicted molar refractivity (Wildman–Crippen MR) is 84.7 cm³/mol. The molecule has 0 saturated carbocycles. The normalized spacial score (nSPS) is 10.1. The summed E-state index contributed by atoms with van der Waals surface area (Å²) >= 11 is 5.28. The number of anilines is 2. The van der Waals surface area contributed by atoms with E-state index in [1.165, 1.54) is 11.1 Å². The lowest BCUT2D eigenvalue weighted by atomic mass is 10.1. The van der Waals surface area contributed by atoms with Crippen LogP contribution in [0.4, 0.5) is 11.5 Å². The van der Waals surface area contributed by atoms with Crippen molar-refractivity contribution in [2.45, 2.75) is 20.8 Å². The zero-order valence-electron chi connectivity index (χ0n) is 11.3. The van der Waals surface area contributed by atoms with Crippen molar-refractivity contribution in [2.75, 3.05) is 10.6 Å². The second-order valence-electron chi connectivity index (χ2n) is 4.54. The van der Waals surface area contributed by atoms with E-state index in [4.69, 9.17) is 12.2 Å². The van der Waals surface area contributed by atoms with Gasteiger partial charge in [-0.2, -0.15) is 0 Å². The Morgan fingerprint density at radius 1 is 1.00 bits per heavy atom. The molecule has 0 unspecified atom stereocenters. The molecule has 3 nitrogen and oxygen atoms in total. The number of aromatic nitrogens is 1. The minimum absolute atomic E-state index is 0.543. The average Bonchev–Trinajstić information content (AvgIpc) is 2.34. The molecule has 0 fully saturated rings. The van der Waals surface area contributed by atoms with Gasteiger partial charge in [-0.1, -0.05) is 12.1 Å². The van der Waals surface area contributed by atoms with E-state index in [2.05, 4.69) is 41.6 Å². The number of pyridine rings is 1. The summed E-state index contributed by atoms with van der Waals surface area (Å²) in [6.07, 6.45) is 0. The van der Waals surface area contributed by atoms with Crippen LogP contribution >= 0.6 is 12.2 Å². The monoisotopic (exact) mass is 271 g/mol. The van der Waals surface area contributed by atoms with E-state index in [-0.39, 0.29) is 0 Å². The van der Waals surface area contributed by atoms with Crippen LogP contribution in [0.2, 0.25) is 0 Å². The van der Waals surface area contributed by atoms with Crippen molar-refractivity contribution < 1.29 is 0 Å². The third kappa shape index (κ3) is 3.76. The van der Waals surface area contributed by atoms with Crippen LogP contribution in [0, 0.1) is 20.8 Å². The highest BCUT2D eigenvalue weighted by atomic mass is 32.1. The molecule has 0 saturated heterocycles. The van der Waals surface area contributed by atoms with Gasteiger partial charge in [-0.05, 0) is 68.4 Å². The van der Waals surface area contributed by atoms with Crippen LogP contribution in [0.15, 0.2) is 36.4 Å². The van der Waals surface area contributed by atoms with Gasteiger partial charge >= 0.3 is 0 Å². The Labute approximate surface area is 119 Å². The first kappa shape index (κ1) is 13.5. The number of nitrogens with zero attached hydrogens (tertiary/aromatic N) is 1. The van der Waals surface area contributed by atoms with E-state index in [0.29, 0.717) is 5.11 Å². The fourth-order valence-electron chi connectivity index (χ4n) is 1.71. The number of hydrogen-bond donors (Lipinski definition) is 2. The zero-order chi connectivity index (χ0) is 13.8. The van der Waals surface area contributed by atoms with Crippen LogP contribution in [-0.4, -0.2) is 10.1 Å². The molecule has 0 aliphatic carbocycles. The van der Waals surface area contributed by atoms with Crippen molar-refractivity contribution in [3.63, 3.8) is 0 Å². The molecule has 0 aliphatic heterocycles. The van der Waals surface area contributed by atoms with E-state index in [1.54, 1.807) is 0 Å². The first-order valence-electron chi connectivity index (χ1n) is 6.13. The SMILES string of the molecule is Cc1cccc(NC(=S)Nc2ccc(C)c(C)c2)n1. The molecule has 19 heavy (non-hydrogen) atoms. The summed E-state index contributed by atoms with van der Waals surface area (Å²) in [5.74, 6) is 0.751. The van der Waals surface area contributed by atoms with Gasteiger partial charge in [0.25, 0.3) is 0 Å². The first-order chi connectivity index (χ1) is 9.04. The molecular weight excluding hydrogens is 254 g/mol. The number of thiocarbonyl (C=S) groups is 1. The minimum atomic E-state index is 0.543. The largest absolute Gasteiger partial charge is 0.332 e. The van der Waals surface area contributed by atoms with Crippen molar-refractivity contribution in [3.8, 4) is 0 Å². The topological polar surface area (TPSA) is 37.0 Å². The molecule has 1 aromatic carbocycles. The summed E-state index contributed by atoms with van der Waals surface area (Å²) in [4.78, 5) is 4.35. The predicted octanol–water partition coefficient (Wildman–Crippen LogP) is 3.82. The molecule has 0 bridgehead atoms. The Bertz CT molecular complexity index is 608. The third-order valence-electron chi connectivity index (χ3n) is 2.89. The lowest BCUT2D eigenvalue weighted by Gasteiger charge is -2.11. The second kappa shape index (κ2) is 5.80. The van der Waals surface area contributed by atoms with Crippen molar-refractivity contribution >= 4 is 28.8 Å². The van der Waals surface area contributed by atoms with Crippen LogP contribution in [0.1, 0.15) is 16.8 Å². The average molecular weight is 271 g/mol. The van der Waals surface area contributed by atoms with Crippen LogP contribution in [0.25, 0.3) is 0 Å². The molecule has 2 aromatic rings. The Morgan fingerprint density at radius 3 is 2.47 bits per heavy atom. The van der Waals surface area contributed by atoms with Gasteiger partial charge in [0.1, 0.15) is 5.82 Å². The van der Waals surface area contributed by atoms with Crippen molar-refractivity contribution in [1.29, 1.82) is 0 Å². The maximum absolute atomic E-state index is 5.28. The Morgan fingerprint density at radius 2 is 1.79 bits per heavy atom. The third-order valence-corrected chi connectivity index (χ3v) is 3.10. The number of benzene rings is 1. The molecule has 0 spiro atoms. The van der Waals surface area contributed by atoms with E-state index in [9.17, 15) is 0 Å². The smallest absolute Gasteiger partial charge is 0.176 e. The summed E-state index contributed by atoms with van der Waals surface area (Å²) < 4.78 is 0. The number of nitrogens with one attached hydrogen (secondary N) is 2. The standard InChI is InChI=1S/C15H17N3S/c1-10-7-8-13(9-11(10)2)17-15(19)18-14-6-4-5-12(3)16-14/h4-9H,1-3H3,(H2,16,17,18,19). The second-order valence-corrected chi connectivity index (χ2v) is 4.95. The molecule has 1 heterocycles. The molecule has 98 valence electrons. The molecule has 0 radical (unpaired) electrons. The van der Waals surface area contributed by atoms with Gasteiger partial charge in [0.2, 0.25) is 0 Å². The highest BCUT2D eigenvalue weighted by Gasteiger charge is 2.01. The van der Waals surface area contributed by atoms with Crippen LogP contribution < -0.4 is 10.6 Å². The minimum Gasteiger partial charge on any atom is -0.332 e. The fourth-order valence-corrected chi connectivity index (χ4v) is 1.93. The molecule has 0 amide bonds. The van der Waals surface area contributed by atoms with Gasteiger partial charge in [-0.3, -0.25) is 0 Å². The van der Waals surface area contributed by atoms with Crippen LogP contribution in [0.3, 0.4) is 0 Å². The highest BCUT2D eigenvalue weighted by Crippen LogP contribution is 2.14. The molecule has 0 aliphatic rings. The van der Waals surface area contributed by atoms with E-state index in [0.717, 1.165) is 17.2 Å². The summed E-state index contributed by atoms with van der Waals surface area (Å²) in [5.41, 5.74) is 4.44. The summed E-state index contributed by atoms with van der Waals surface area (Å²) in [6, 6.07) is 12.0. The molecule has 1 aromatic heterocycles. The zero-order valence-corrected chi connectivity index (χ0v) is 12.1. The van der Waals surface area contributed by atoms with E-state index < -0.39 is 0 Å². The maximum Gasteiger partial charge on any atom is 0.176 e. The van der Waals surface area contributed by atoms with Gasteiger partial charge in [0.15, 0.2) is 5.11 Å². The number of hydrogen-bond acceptors (Lipinski definition) is 2. The van der Waals surface area contributed by atoms with Crippen LogP contribution in [-0.2, 0) is 0 Å². The number of rotatable bonds is 2. The van der Waals surface area contributed by atoms with Crippen LogP contribution in [0.5, 0.6) is 0 Å². The van der Waals surface area contributed by atoms with Gasteiger partial charge in [0.05, 0.1) is 0 Å². The summed E-state index contributed by atoms with van der Waals surface area (Å²) in [7, 11) is 0. The fraction of sp³-hybridized carbons (Fsp3) is 0.200. The Balaban J connectivity index is 2.03. The van der Waals surface area contributed by atoms with Gasteiger partial charge < -0.3 is 10.6 Å². The molecule has 2 rings (SSSR count). The van der Waals surface area contributed by atoms with Crippen molar-refractivity contribution in [3.05, 3.63) is 53.2 Å². The van der Waals surface area contributed by atoms with E-state index >= 15 is 0 Å². The Kier molecular flexibility index (Phi) is 4.12. The van der Waals surface area contributed by atoms with Crippen molar-refractivity contribution in [2.24, 2.45) is 0 Å². The molecule has 0 atom stereocenters. The van der Waals surface area contributed by atoms with Gasteiger partial charge in [-0.25, -0.2) is 4.98 Å². The summed E-state index contributed by atoms with van der Waals surface area (Å²) in [5, 5.41) is 6.78. The van der Waals surface area contributed by atoms with E-state index in [1.807, 2.05) is 31.2 Å². The number of aryl methyl sites for hydroxylation is 3. The Hall–Kier alpha value is -1.94. The first-order valence-corrected chi connectivity index (χ1v) is 6.54. The van der Waals surface area contributed by atoms with Crippen molar-refractivity contribution in [1.82, 2.24) is 4.98 Å².